The molecule has 0 aliphatic rings. The molecule has 0 aliphatic carbocycles. The Bertz CT molecular complexity index is 46.9. The number of rotatable bonds is 1. The third-order valence-corrected chi connectivity index (χ3v) is 0.643. The molecule has 0 N–H and O–H groups in total. The maximum atomic E-state index is 8.12. The summed E-state index contributed by atoms with van der Waals surface area (Å²) in [7, 11) is 0. The van der Waals surface area contributed by atoms with E-state index < -0.39 is 0 Å². The molecule has 0 aromatic heterocycles. The van der Waals surface area contributed by atoms with Crippen LogP contribution in [-0.4, -0.2) is 17.9 Å². The van der Waals surface area contributed by atoms with Crippen LogP contribution in [0.25, 0.3) is 0 Å². The van der Waals surface area contributed by atoms with E-state index in [0.29, 0.717) is 11.8 Å². The molecule has 0 bridgehead atoms. The Morgan fingerprint density at radius 1 is 1.14 bits per heavy atom. The van der Waals surface area contributed by atoms with E-state index in [1.165, 1.54) is 0 Å². The van der Waals surface area contributed by atoms with Gasteiger partial charge in [0.2, 0.25) is 0 Å². The maximum Gasteiger partial charge on any atom is 0.373 e. The number of hydrogen-bond acceptors (Lipinski definition) is 2. The van der Waals surface area contributed by atoms with Gasteiger partial charge in [-0.25, -0.2) is 0 Å². The first-order valence-electron chi connectivity index (χ1n) is 1.44. The lowest BCUT2D eigenvalue weighted by atomic mass is 11.0. The van der Waals surface area contributed by atoms with Gasteiger partial charge in [-0.3, -0.25) is 0 Å². The Morgan fingerprint density at radius 3 is 1.29 bits per heavy atom. The molecule has 0 spiro atoms. The quantitative estimate of drug-likeness (QED) is 0.510. The Labute approximate surface area is 51.4 Å². The molecule has 0 unspecified atom stereocenters. The molecule has 0 saturated heterocycles. The van der Waals surface area contributed by atoms with Crippen LogP contribution in [0.1, 0.15) is 0 Å². The zero-order valence-corrected chi connectivity index (χ0v) is 5.00. The third kappa shape index (κ3) is 101. The van der Waals surface area contributed by atoms with Crippen LogP contribution in [0.3, 0.4) is 0 Å². The highest BCUT2D eigenvalue weighted by Crippen LogP contribution is 1.75. The van der Waals surface area contributed by atoms with Crippen molar-refractivity contribution in [3.05, 3.63) is 0 Å². The van der Waals surface area contributed by atoms with Gasteiger partial charge in [0.15, 0.2) is 0 Å². The van der Waals surface area contributed by atoms with E-state index in [9.17, 15) is 0 Å². The van der Waals surface area contributed by atoms with Crippen LogP contribution < -0.4 is 0 Å². The van der Waals surface area contributed by atoms with E-state index in [1.54, 1.807) is 0 Å². The molecule has 42 valence electrons. The summed E-state index contributed by atoms with van der Waals surface area (Å²) in [5, 5.41) is 0. The van der Waals surface area contributed by atoms with Crippen molar-refractivity contribution in [1.82, 2.24) is 0 Å². The highest BCUT2D eigenvalue weighted by molar-refractivity contribution is 6.25. The monoisotopic (exact) mass is 142 g/mol. The normalized spacial score (nSPS) is 5.43. The summed E-state index contributed by atoms with van der Waals surface area (Å²) in [6.45, 7) is 0. The second-order valence-electron chi connectivity index (χ2n) is 0.461. The first kappa shape index (κ1) is 10.0. The second-order valence-corrected chi connectivity index (χ2v) is 1.22. The van der Waals surface area contributed by atoms with Gasteiger partial charge in [0.25, 0.3) is 0 Å². The molecular weight excluding hydrogens is 139 g/mol. The lowest BCUT2D eigenvalue weighted by Crippen LogP contribution is -1.63. The van der Waals surface area contributed by atoms with Gasteiger partial charge in [-0.15, -0.1) is 23.2 Å². The minimum absolute atomic E-state index is 0.250. The van der Waals surface area contributed by atoms with Gasteiger partial charge >= 0.3 is 6.15 Å². The molecule has 0 aromatic rings. The highest BCUT2D eigenvalue weighted by Gasteiger charge is 1.61. The van der Waals surface area contributed by atoms with Crippen LogP contribution in [0.15, 0.2) is 0 Å². The zero-order chi connectivity index (χ0) is 6.12. The van der Waals surface area contributed by atoms with E-state index in [0.717, 1.165) is 0 Å². The van der Waals surface area contributed by atoms with E-state index in [4.69, 9.17) is 32.8 Å². The number of carbonyl (C=O) groups excluding carboxylic acids is 2. The highest BCUT2D eigenvalue weighted by atomic mass is 35.5. The Kier molecular flexibility index (Phi) is 24.0. The molecule has 0 rings (SSSR count). The van der Waals surface area contributed by atoms with Crippen molar-refractivity contribution in [3.63, 3.8) is 0 Å². The standard InChI is InChI=1S/C2H4Cl2.CO2/c3-1-2-4;2-1-3/h1-2H2;. The molecular formula is C3H4Cl2O2. The fraction of sp³-hybridized carbons (Fsp3) is 0.667. The molecule has 4 heteroatoms. The predicted molar refractivity (Wildman–Crippen MR) is 26.4 cm³/mol. The van der Waals surface area contributed by atoms with Crippen LogP contribution in [0, 0.1) is 0 Å². The van der Waals surface area contributed by atoms with Crippen LogP contribution in [-0.2, 0) is 9.59 Å². The fourth-order valence-electron chi connectivity index (χ4n) is 0. The fourth-order valence-corrected chi connectivity index (χ4v) is 0. The van der Waals surface area contributed by atoms with Gasteiger partial charge < -0.3 is 0 Å². The van der Waals surface area contributed by atoms with Gasteiger partial charge in [-0.05, 0) is 0 Å². The van der Waals surface area contributed by atoms with Gasteiger partial charge in [0.1, 0.15) is 0 Å². The van der Waals surface area contributed by atoms with Gasteiger partial charge in [-0.2, -0.15) is 9.59 Å². The van der Waals surface area contributed by atoms with Crippen molar-refractivity contribution in [3.8, 4) is 0 Å². The van der Waals surface area contributed by atoms with Crippen molar-refractivity contribution < 1.29 is 9.59 Å². The number of halogens is 2. The smallest absolute Gasteiger partial charge is 0.186 e. The minimum atomic E-state index is 0.250. The molecule has 0 fully saturated rings. The van der Waals surface area contributed by atoms with Crippen LogP contribution in [0.4, 0.5) is 0 Å². The molecule has 0 radical (unpaired) electrons. The van der Waals surface area contributed by atoms with Gasteiger partial charge in [0, 0.05) is 11.8 Å². The predicted octanol–water partition coefficient (Wildman–Crippen LogP) is 0.880. The first-order valence-corrected chi connectivity index (χ1v) is 2.51. The molecule has 0 aliphatic heterocycles. The molecule has 0 aromatic carbocycles. The molecule has 0 amide bonds. The van der Waals surface area contributed by atoms with Crippen molar-refractivity contribution >= 4 is 29.4 Å². The van der Waals surface area contributed by atoms with Crippen LogP contribution in [0.5, 0.6) is 0 Å². The van der Waals surface area contributed by atoms with Crippen molar-refractivity contribution in [2.24, 2.45) is 0 Å². The van der Waals surface area contributed by atoms with Crippen molar-refractivity contribution in [2.75, 3.05) is 11.8 Å². The van der Waals surface area contributed by atoms with E-state index in [2.05, 4.69) is 0 Å². The minimum Gasteiger partial charge on any atom is -0.186 e. The molecule has 0 heterocycles. The topological polar surface area (TPSA) is 34.1 Å². The first-order chi connectivity index (χ1) is 3.33. The van der Waals surface area contributed by atoms with E-state index in [1.807, 2.05) is 0 Å². The Morgan fingerprint density at radius 2 is 1.29 bits per heavy atom. The SMILES string of the molecule is ClCCCl.O=C=O. The molecule has 7 heavy (non-hydrogen) atoms. The molecule has 0 atom stereocenters. The third-order valence-electron chi connectivity index (χ3n) is 0.0714. The Balaban J connectivity index is 0. The summed E-state index contributed by atoms with van der Waals surface area (Å²) in [6.07, 6.45) is 0.250. The average Bonchev–Trinajstić information content (AvgIpc) is 1.69. The summed E-state index contributed by atoms with van der Waals surface area (Å²) >= 11 is 10.1. The van der Waals surface area contributed by atoms with Crippen LogP contribution in [0.2, 0.25) is 0 Å². The lowest BCUT2D eigenvalue weighted by molar-refractivity contribution is -0.191. The summed E-state index contributed by atoms with van der Waals surface area (Å²) in [4.78, 5) is 16.2. The molecule has 0 saturated carbocycles. The number of hydrogen-bond donors (Lipinski definition) is 0. The van der Waals surface area contributed by atoms with Gasteiger partial charge in [-0.1, -0.05) is 0 Å². The second kappa shape index (κ2) is 16.7. The van der Waals surface area contributed by atoms with Crippen molar-refractivity contribution in [1.29, 1.82) is 0 Å². The average molecular weight is 143 g/mol. The van der Waals surface area contributed by atoms with Gasteiger partial charge in [0.05, 0.1) is 0 Å². The lowest BCUT2D eigenvalue weighted by Gasteiger charge is -1.63. The largest absolute Gasteiger partial charge is 0.373 e. The molecule has 2 nitrogen and oxygen atoms in total. The van der Waals surface area contributed by atoms with Crippen molar-refractivity contribution in [2.45, 2.75) is 0 Å². The summed E-state index contributed by atoms with van der Waals surface area (Å²) in [5.74, 6) is 1.11. The van der Waals surface area contributed by atoms with Crippen LogP contribution >= 0.6 is 23.2 Å². The number of alkyl halides is 2. The summed E-state index contributed by atoms with van der Waals surface area (Å²) in [6, 6.07) is 0. The summed E-state index contributed by atoms with van der Waals surface area (Å²) < 4.78 is 0. The Hall–Kier alpha value is -0.0400. The maximum absolute atomic E-state index is 8.12. The zero-order valence-electron chi connectivity index (χ0n) is 3.49. The summed E-state index contributed by atoms with van der Waals surface area (Å²) in [5.41, 5.74) is 0. The van der Waals surface area contributed by atoms with E-state index in [-0.39, 0.29) is 6.15 Å². The van der Waals surface area contributed by atoms with E-state index >= 15 is 0 Å².